The van der Waals surface area contributed by atoms with Gasteiger partial charge < -0.3 is 4.90 Å². The fraction of sp³-hybridized carbons (Fsp3) is 0.471. The predicted molar refractivity (Wildman–Crippen MR) is 102 cm³/mol. The van der Waals surface area contributed by atoms with Crippen LogP contribution in [0.2, 0.25) is 0 Å². The molecule has 0 atom stereocenters. The molecule has 2 rings (SSSR count). The Hall–Kier alpha value is -1.60. The summed E-state index contributed by atoms with van der Waals surface area (Å²) in [6.07, 6.45) is 2.56. The van der Waals surface area contributed by atoms with E-state index in [-0.39, 0.29) is 17.2 Å². The Morgan fingerprint density at radius 3 is 2.71 bits per heavy atom. The van der Waals surface area contributed by atoms with Crippen molar-refractivity contribution in [2.75, 3.05) is 18.8 Å². The summed E-state index contributed by atoms with van der Waals surface area (Å²) in [7, 11) is 0. The number of thioether (sulfide) groups is 1. The van der Waals surface area contributed by atoms with Crippen molar-refractivity contribution in [2.45, 2.75) is 38.9 Å². The highest BCUT2D eigenvalue weighted by Gasteiger charge is 2.16. The molecule has 0 unspecified atom stereocenters. The van der Waals surface area contributed by atoms with Gasteiger partial charge >= 0.3 is 0 Å². The highest BCUT2D eigenvalue weighted by molar-refractivity contribution is 7.99. The number of hydrogen-bond donors (Lipinski definition) is 0. The van der Waals surface area contributed by atoms with Crippen LogP contribution in [0.25, 0.3) is 10.2 Å². The maximum atomic E-state index is 12.7. The van der Waals surface area contributed by atoms with E-state index in [0.717, 1.165) is 16.1 Å². The molecule has 130 valence electrons. The van der Waals surface area contributed by atoms with Gasteiger partial charge in [0.1, 0.15) is 4.83 Å². The summed E-state index contributed by atoms with van der Waals surface area (Å²) in [5.74, 6) is 0.341. The summed E-state index contributed by atoms with van der Waals surface area (Å²) in [5, 5.41) is 1.23. The minimum atomic E-state index is -0.0614. The molecule has 1 amide bonds. The summed E-state index contributed by atoms with van der Waals surface area (Å²) in [6.45, 7) is 11.5. The van der Waals surface area contributed by atoms with Crippen LogP contribution in [0.4, 0.5) is 0 Å². The van der Waals surface area contributed by atoms with Crippen LogP contribution in [0.15, 0.2) is 28.7 Å². The lowest BCUT2D eigenvalue weighted by Crippen LogP contribution is -2.32. The fourth-order valence-corrected chi connectivity index (χ4v) is 4.34. The first kappa shape index (κ1) is 18.7. The van der Waals surface area contributed by atoms with Gasteiger partial charge in [0.25, 0.3) is 5.56 Å². The Balaban J connectivity index is 2.37. The Bertz CT molecular complexity index is 791. The van der Waals surface area contributed by atoms with Crippen molar-refractivity contribution in [1.82, 2.24) is 14.5 Å². The minimum Gasteiger partial charge on any atom is -0.343 e. The van der Waals surface area contributed by atoms with Crippen LogP contribution < -0.4 is 5.56 Å². The van der Waals surface area contributed by atoms with Crippen molar-refractivity contribution in [3.05, 3.63) is 34.0 Å². The average molecular weight is 366 g/mol. The van der Waals surface area contributed by atoms with Crippen LogP contribution >= 0.6 is 23.1 Å². The van der Waals surface area contributed by atoms with E-state index in [2.05, 4.69) is 18.5 Å². The van der Waals surface area contributed by atoms with E-state index in [1.54, 1.807) is 26.9 Å². The van der Waals surface area contributed by atoms with Crippen LogP contribution in [-0.2, 0) is 17.8 Å². The van der Waals surface area contributed by atoms with E-state index in [0.29, 0.717) is 30.2 Å². The number of rotatable bonds is 8. The SMILES string of the molecule is C=CCn1c(SCC(=O)N(CC)CC)nc2sc(CC)cc2c1=O. The molecule has 0 radical (unpaired) electrons. The first-order chi connectivity index (χ1) is 11.5. The molecule has 0 saturated carbocycles. The number of aromatic nitrogens is 2. The molecule has 24 heavy (non-hydrogen) atoms. The lowest BCUT2D eigenvalue weighted by atomic mass is 10.3. The van der Waals surface area contributed by atoms with Crippen LogP contribution in [0, 0.1) is 0 Å². The fourth-order valence-electron chi connectivity index (χ4n) is 2.42. The zero-order valence-corrected chi connectivity index (χ0v) is 16.0. The first-order valence-corrected chi connectivity index (χ1v) is 9.90. The highest BCUT2D eigenvalue weighted by atomic mass is 32.2. The molecule has 0 aromatic carbocycles. The standard InChI is InChI=1S/C17H23N3O2S2/c1-5-9-20-16(22)13-10-12(6-2)24-15(13)18-17(20)23-11-14(21)19(7-3)8-4/h5,10H,1,6-9,11H2,2-4H3. The highest BCUT2D eigenvalue weighted by Crippen LogP contribution is 2.25. The zero-order chi connectivity index (χ0) is 17.7. The maximum Gasteiger partial charge on any atom is 0.263 e. The molecule has 0 saturated heterocycles. The lowest BCUT2D eigenvalue weighted by molar-refractivity contribution is -0.127. The molecule has 0 aliphatic heterocycles. The number of carbonyl (C=O) groups excluding carboxylic acids is 1. The third kappa shape index (κ3) is 3.89. The molecule has 2 heterocycles. The maximum absolute atomic E-state index is 12.7. The van der Waals surface area contributed by atoms with Crippen molar-refractivity contribution in [1.29, 1.82) is 0 Å². The van der Waals surface area contributed by atoms with Crippen molar-refractivity contribution >= 4 is 39.2 Å². The third-order valence-corrected chi connectivity index (χ3v) is 5.90. The average Bonchev–Trinajstić information content (AvgIpc) is 3.00. The number of aryl methyl sites for hydroxylation is 1. The molecule has 2 aromatic heterocycles. The van der Waals surface area contributed by atoms with Gasteiger partial charge in [-0.05, 0) is 26.3 Å². The third-order valence-electron chi connectivity index (χ3n) is 3.77. The molecule has 0 N–H and O–H groups in total. The second kappa shape index (κ2) is 8.48. The summed E-state index contributed by atoms with van der Waals surface area (Å²) in [5.41, 5.74) is -0.0614. The Kier molecular flexibility index (Phi) is 6.62. The van der Waals surface area contributed by atoms with E-state index < -0.39 is 0 Å². The van der Waals surface area contributed by atoms with Gasteiger partial charge in [-0.2, -0.15) is 0 Å². The summed E-state index contributed by atoms with van der Waals surface area (Å²) < 4.78 is 1.60. The number of nitrogens with zero attached hydrogens (tertiary/aromatic N) is 3. The van der Waals surface area contributed by atoms with Crippen molar-refractivity contribution in [3.63, 3.8) is 0 Å². The van der Waals surface area contributed by atoms with Gasteiger partial charge in [0.2, 0.25) is 5.91 Å². The van der Waals surface area contributed by atoms with Gasteiger partial charge in [-0.15, -0.1) is 17.9 Å². The molecule has 5 nitrogen and oxygen atoms in total. The van der Waals surface area contributed by atoms with Gasteiger partial charge in [-0.3, -0.25) is 14.2 Å². The van der Waals surface area contributed by atoms with E-state index in [1.807, 2.05) is 19.9 Å². The molecular formula is C17H23N3O2S2. The van der Waals surface area contributed by atoms with E-state index in [1.165, 1.54) is 11.8 Å². The summed E-state index contributed by atoms with van der Waals surface area (Å²) in [4.78, 5) is 33.2. The molecule has 0 aliphatic carbocycles. The molecule has 0 bridgehead atoms. The predicted octanol–water partition coefficient (Wildman–Crippen LogP) is 3.17. The molecule has 0 aliphatic rings. The van der Waals surface area contributed by atoms with E-state index in [4.69, 9.17) is 0 Å². The number of carbonyl (C=O) groups is 1. The van der Waals surface area contributed by atoms with Crippen LogP contribution in [0.1, 0.15) is 25.6 Å². The lowest BCUT2D eigenvalue weighted by Gasteiger charge is -2.18. The van der Waals surface area contributed by atoms with Gasteiger partial charge in [0, 0.05) is 24.5 Å². The van der Waals surface area contributed by atoms with Gasteiger partial charge in [-0.1, -0.05) is 24.8 Å². The van der Waals surface area contributed by atoms with Crippen molar-refractivity contribution in [2.24, 2.45) is 0 Å². The van der Waals surface area contributed by atoms with E-state index >= 15 is 0 Å². The normalized spacial score (nSPS) is 11.0. The van der Waals surface area contributed by atoms with Crippen molar-refractivity contribution in [3.8, 4) is 0 Å². The monoisotopic (exact) mass is 365 g/mol. The van der Waals surface area contributed by atoms with Crippen LogP contribution in [0.3, 0.4) is 0 Å². The summed E-state index contributed by atoms with van der Waals surface area (Å²) in [6, 6.07) is 1.92. The minimum absolute atomic E-state index is 0.0601. The smallest absolute Gasteiger partial charge is 0.263 e. The largest absolute Gasteiger partial charge is 0.343 e. The molecule has 2 aromatic rings. The Labute approximate surface area is 150 Å². The number of hydrogen-bond acceptors (Lipinski definition) is 5. The first-order valence-electron chi connectivity index (χ1n) is 8.10. The van der Waals surface area contributed by atoms with Gasteiger partial charge in [-0.25, -0.2) is 4.98 Å². The van der Waals surface area contributed by atoms with Crippen LogP contribution in [-0.4, -0.2) is 39.2 Å². The second-order valence-electron chi connectivity index (χ2n) is 5.24. The van der Waals surface area contributed by atoms with Crippen LogP contribution in [0.5, 0.6) is 0 Å². The zero-order valence-electron chi connectivity index (χ0n) is 14.4. The number of thiophene rings is 1. The summed E-state index contributed by atoms with van der Waals surface area (Å²) >= 11 is 2.86. The second-order valence-corrected chi connectivity index (χ2v) is 7.30. The van der Waals surface area contributed by atoms with Gasteiger partial charge in [0.05, 0.1) is 11.1 Å². The number of fused-ring (bicyclic) bond motifs is 1. The quantitative estimate of drug-likeness (QED) is 0.410. The Morgan fingerprint density at radius 2 is 2.12 bits per heavy atom. The number of allylic oxidation sites excluding steroid dienone is 1. The molecule has 0 spiro atoms. The van der Waals surface area contributed by atoms with E-state index in [9.17, 15) is 9.59 Å². The molecular weight excluding hydrogens is 342 g/mol. The molecule has 0 fully saturated rings. The topological polar surface area (TPSA) is 55.2 Å². The molecule has 7 heteroatoms. The number of amides is 1. The van der Waals surface area contributed by atoms with Gasteiger partial charge in [0.15, 0.2) is 5.16 Å². The van der Waals surface area contributed by atoms with Crippen molar-refractivity contribution < 1.29 is 4.79 Å². The Morgan fingerprint density at radius 1 is 1.42 bits per heavy atom.